The monoisotopic (exact) mass is 281 g/mol. The fourth-order valence-electron chi connectivity index (χ4n) is 2.56. The third-order valence-electron chi connectivity index (χ3n) is 3.64. The second-order valence-electron chi connectivity index (χ2n) is 4.99. The van der Waals surface area contributed by atoms with E-state index in [1.807, 2.05) is 48.5 Å². The second-order valence-corrected chi connectivity index (χ2v) is 4.99. The number of para-hydroxylation sites is 2. The van der Waals surface area contributed by atoms with Crippen LogP contribution in [-0.2, 0) is 11.3 Å². The average Bonchev–Trinajstić information content (AvgIpc) is 2.91. The molecule has 1 heterocycles. The summed E-state index contributed by atoms with van der Waals surface area (Å²) >= 11 is 0. The first kappa shape index (κ1) is 13.8. The van der Waals surface area contributed by atoms with Crippen molar-refractivity contribution < 1.29 is 4.74 Å². The molecule has 0 amide bonds. The molecule has 0 saturated carbocycles. The summed E-state index contributed by atoms with van der Waals surface area (Å²) < 4.78 is 7.36. The summed E-state index contributed by atoms with van der Waals surface area (Å²) in [7, 11) is 1.70. The fourth-order valence-corrected chi connectivity index (χ4v) is 2.56. The standard InChI is InChI=1S/C17H19N3O/c1-21-12-11-20-15-10-6-5-9-14(15)19-17(20)16(18)13-7-3-2-4-8-13/h2-10,16H,11-12,18H2,1H3. The van der Waals surface area contributed by atoms with Crippen molar-refractivity contribution in [1.82, 2.24) is 9.55 Å². The number of benzene rings is 2. The Labute approximate surface area is 124 Å². The van der Waals surface area contributed by atoms with E-state index in [-0.39, 0.29) is 6.04 Å². The van der Waals surface area contributed by atoms with Gasteiger partial charge in [-0.3, -0.25) is 0 Å². The van der Waals surface area contributed by atoms with Gasteiger partial charge >= 0.3 is 0 Å². The van der Waals surface area contributed by atoms with Crippen LogP contribution in [0.2, 0.25) is 0 Å². The maximum Gasteiger partial charge on any atom is 0.131 e. The number of nitrogens with two attached hydrogens (primary N) is 1. The van der Waals surface area contributed by atoms with Gasteiger partial charge in [-0.05, 0) is 17.7 Å². The third-order valence-corrected chi connectivity index (χ3v) is 3.64. The number of nitrogens with zero attached hydrogens (tertiary/aromatic N) is 2. The number of fused-ring (bicyclic) bond motifs is 1. The van der Waals surface area contributed by atoms with Crippen molar-refractivity contribution in [3.8, 4) is 0 Å². The summed E-state index contributed by atoms with van der Waals surface area (Å²) in [6.07, 6.45) is 0. The topological polar surface area (TPSA) is 53.1 Å². The molecular weight excluding hydrogens is 262 g/mol. The van der Waals surface area contributed by atoms with Crippen molar-refractivity contribution >= 4 is 11.0 Å². The van der Waals surface area contributed by atoms with Crippen LogP contribution in [0.3, 0.4) is 0 Å². The highest BCUT2D eigenvalue weighted by Gasteiger charge is 2.18. The van der Waals surface area contributed by atoms with Crippen LogP contribution in [0.1, 0.15) is 17.4 Å². The SMILES string of the molecule is COCCn1c(C(N)c2ccccc2)nc2ccccc21. The highest BCUT2D eigenvalue weighted by atomic mass is 16.5. The second kappa shape index (κ2) is 6.08. The highest BCUT2D eigenvalue weighted by Crippen LogP contribution is 2.23. The zero-order valence-corrected chi connectivity index (χ0v) is 12.1. The summed E-state index contributed by atoms with van der Waals surface area (Å²) in [6, 6.07) is 17.9. The Kier molecular flexibility index (Phi) is 3.99. The molecule has 0 aliphatic heterocycles. The largest absolute Gasteiger partial charge is 0.383 e. The number of hydrogen-bond acceptors (Lipinski definition) is 3. The molecule has 0 radical (unpaired) electrons. The third kappa shape index (κ3) is 2.68. The van der Waals surface area contributed by atoms with Crippen LogP contribution >= 0.6 is 0 Å². The average molecular weight is 281 g/mol. The Balaban J connectivity index is 2.08. The predicted octanol–water partition coefficient (Wildman–Crippen LogP) is 2.73. The number of aromatic nitrogens is 2. The zero-order chi connectivity index (χ0) is 14.7. The van der Waals surface area contributed by atoms with Gasteiger partial charge in [-0.2, -0.15) is 0 Å². The predicted molar refractivity (Wildman–Crippen MR) is 84.1 cm³/mol. The summed E-state index contributed by atoms with van der Waals surface area (Å²) in [5.41, 5.74) is 9.55. The number of hydrogen-bond donors (Lipinski definition) is 1. The van der Waals surface area contributed by atoms with E-state index < -0.39 is 0 Å². The lowest BCUT2D eigenvalue weighted by Gasteiger charge is -2.15. The molecule has 0 fully saturated rings. The van der Waals surface area contributed by atoms with Crippen molar-refractivity contribution in [2.75, 3.05) is 13.7 Å². The van der Waals surface area contributed by atoms with E-state index in [0.717, 1.165) is 29.0 Å². The lowest BCUT2D eigenvalue weighted by atomic mass is 10.1. The van der Waals surface area contributed by atoms with Crippen molar-refractivity contribution in [2.24, 2.45) is 5.73 Å². The van der Waals surface area contributed by atoms with Crippen LogP contribution in [-0.4, -0.2) is 23.3 Å². The van der Waals surface area contributed by atoms with Crippen LogP contribution in [0, 0.1) is 0 Å². The van der Waals surface area contributed by atoms with Gasteiger partial charge in [0.25, 0.3) is 0 Å². The van der Waals surface area contributed by atoms with Crippen molar-refractivity contribution in [1.29, 1.82) is 0 Å². The molecule has 21 heavy (non-hydrogen) atoms. The fraction of sp³-hybridized carbons (Fsp3) is 0.235. The zero-order valence-electron chi connectivity index (χ0n) is 12.1. The van der Waals surface area contributed by atoms with E-state index in [1.54, 1.807) is 7.11 Å². The summed E-state index contributed by atoms with van der Waals surface area (Å²) in [4.78, 5) is 4.72. The maximum atomic E-state index is 6.43. The molecular formula is C17H19N3O. The maximum absolute atomic E-state index is 6.43. The quantitative estimate of drug-likeness (QED) is 0.782. The minimum absolute atomic E-state index is 0.240. The molecule has 0 saturated heterocycles. The normalized spacial score (nSPS) is 12.7. The number of rotatable bonds is 5. The molecule has 1 aromatic heterocycles. The van der Waals surface area contributed by atoms with E-state index in [4.69, 9.17) is 15.5 Å². The minimum Gasteiger partial charge on any atom is -0.383 e. The van der Waals surface area contributed by atoms with Gasteiger partial charge in [0.1, 0.15) is 5.82 Å². The van der Waals surface area contributed by atoms with Crippen LogP contribution in [0.25, 0.3) is 11.0 Å². The van der Waals surface area contributed by atoms with E-state index in [0.29, 0.717) is 6.61 Å². The smallest absolute Gasteiger partial charge is 0.131 e. The van der Waals surface area contributed by atoms with Crippen LogP contribution in [0.4, 0.5) is 0 Å². The Bertz CT molecular complexity index is 721. The van der Waals surface area contributed by atoms with Gasteiger partial charge in [0, 0.05) is 13.7 Å². The van der Waals surface area contributed by atoms with Gasteiger partial charge in [0.05, 0.1) is 23.7 Å². The van der Waals surface area contributed by atoms with Crippen LogP contribution in [0.5, 0.6) is 0 Å². The molecule has 2 aromatic carbocycles. The molecule has 0 spiro atoms. The minimum atomic E-state index is -0.240. The summed E-state index contributed by atoms with van der Waals surface area (Å²) in [5.74, 6) is 0.874. The number of methoxy groups -OCH3 is 1. The Morgan fingerprint density at radius 1 is 1.10 bits per heavy atom. The van der Waals surface area contributed by atoms with Gasteiger partial charge in [-0.1, -0.05) is 42.5 Å². The first-order chi connectivity index (χ1) is 10.3. The van der Waals surface area contributed by atoms with Crippen molar-refractivity contribution in [2.45, 2.75) is 12.6 Å². The molecule has 4 nitrogen and oxygen atoms in total. The molecule has 108 valence electrons. The molecule has 0 bridgehead atoms. The Morgan fingerprint density at radius 2 is 1.81 bits per heavy atom. The van der Waals surface area contributed by atoms with Gasteiger partial charge in [0.2, 0.25) is 0 Å². The van der Waals surface area contributed by atoms with Gasteiger partial charge in [0.15, 0.2) is 0 Å². The number of imidazole rings is 1. The van der Waals surface area contributed by atoms with Crippen LogP contribution < -0.4 is 5.73 Å². The molecule has 1 atom stereocenters. The lowest BCUT2D eigenvalue weighted by Crippen LogP contribution is -2.19. The van der Waals surface area contributed by atoms with Crippen molar-refractivity contribution in [3.05, 3.63) is 66.0 Å². The first-order valence-electron chi connectivity index (χ1n) is 7.06. The van der Waals surface area contributed by atoms with E-state index >= 15 is 0 Å². The Morgan fingerprint density at radius 3 is 2.57 bits per heavy atom. The van der Waals surface area contributed by atoms with E-state index in [9.17, 15) is 0 Å². The lowest BCUT2D eigenvalue weighted by molar-refractivity contribution is 0.187. The van der Waals surface area contributed by atoms with Gasteiger partial charge in [-0.25, -0.2) is 4.98 Å². The van der Waals surface area contributed by atoms with E-state index in [1.165, 1.54) is 0 Å². The molecule has 0 aliphatic rings. The number of ether oxygens (including phenoxy) is 1. The summed E-state index contributed by atoms with van der Waals surface area (Å²) in [5, 5.41) is 0. The first-order valence-corrected chi connectivity index (χ1v) is 7.06. The molecule has 0 aliphatic carbocycles. The highest BCUT2D eigenvalue weighted by molar-refractivity contribution is 5.76. The Hall–Kier alpha value is -2.17. The van der Waals surface area contributed by atoms with E-state index in [2.05, 4.69) is 10.6 Å². The molecule has 3 rings (SSSR count). The molecule has 2 N–H and O–H groups in total. The van der Waals surface area contributed by atoms with Gasteiger partial charge < -0.3 is 15.0 Å². The van der Waals surface area contributed by atoms with Crippen LogP contribution in [0.15, 0.2) is 54.6 Å². The molecule has 3 aromatic rings. The molecule has 4 heteroatoms. The van der Waals surface area contributed by atoms with Crippen molar-refractivity contribution in [3.63, 3.8) is 0 Å². The van der Waals surface area contributed by atoms with Gasteiger partial charge in [-0.15, -0.1) is 0 Å². The molecule has 1 unspecified atom stereocenters. The summed E-state index contributed by atoms with van der Waals surface area (Å²) in [6.45, 7) is 1.38.